The molecule has 1 aromatic heterocycles. The van der Waals surface area contributed by atoms with Gasteiger partial charge in [0.05, 0.1) is 39.6 Å². The highest BCUT2D eigenvalue weighted by molar-refractivity contribution is 6.30. The van der Waals surface area contributed by atoms with Crippen LogP contribution in [-0.2, 0) is 13.6 Å². The first-order valence-electron chi connectivity index (χ1n) is 12.0. The van der Waals surface area contributed by atoms with Crippen molar-refractivity contribution < 1.29 is 14.0 Å². The molecule has 1 aliphatic heterocycles. The second-order valence-electron chi connectivity index (χ2n) is 8.69. The minimum absolute atomic E-state index is 0.689. The molecule has 1 aliphatic rings. The Kier molecular flexibility index (Phi) is 9.11. The van der Waals surface area contributed by atoms with Gasteiger partial charge in [0.1, 0.15) is 28.9 Å². The zero-order valence-electron chi connectivity index (χ0n) is 20.6. The monoisotopic (exact) mass is 525 g/mol. The van der Waals surface area contributed by atoms with E-state index in [0.717, 1.165) is 62.1 Å². The maximum Gasteiger partial charge on any atom is 0.524 e. The van der Waals surface area contributed by atoms with Crippen molar-refractivity contribution in [3.8, 4) is 0 Å². The molecule has 2 aromatic carbocycles. The summed E-state index contributed by atoms with van der Waals surface area (Å²) in [5.74, 6) is 1.73. The number of azo groups is 2. The molecule has 8 nitrogen and oxygen atoms in total. The Bertz CT molecular complexity index is 1270. The SMILES string of the molecule is C[N+]1=C(N=Nc2ccc(Cl)cc2)[NH+](CCCCCCn2cc[n+](C)c2N=Nc2ccc(Cl)cc2)C=C1. The highest BCUT2D eigenvalue weighted by atomic mass is 35.5. The van der Waals surface area contributed by atoms with Crippen LogP contribution in [-0.4, -0.2) is 28.7 Å². The Morgan fingerprint density at radius 3 is 2.06 bits per heavy atom. The first kappa shape index (κ1) is 25.9. The number of unbranched alkanes of at least 4 members (excludes halogenated alkanes) is 3. The average Bonchev–Trinajstić information content (AvgIpc) is 3.41. The average molecular weight is 526 g/mol. The number of rotatable bonds is 10. The maximum absolute atomic E-state index is 5.95. The van der Waals surface area contributed by atoms with E-state index >= 15 is 0 Å². The largest absolute Gasteiger partial charge is 0.524 e. The van der Waals surface area contributed by atoms with Crippen molar-refractivity contribution in [2.24, 2.45) is 27.5 Å². The summed E-state index contributed by atoms with van der Waals surface area (Å²) < 4.78 is 6.14. The molecule has 10 heteroatoms. The van der Waals surface area contributed by atoms with Gasteiger partial charge in [0, 0.05) is 15.2 Å². The van der Waals surface area contributed by atoms with E-state index in [0.29, 0.717) is 10.0 Å². The summed E-state index contributed by atoms with van der Waals surface area (Å²) in [4.78, 5) is 1.22. The zero-order valence-corrected chi connectivity index (χ0v) is 22.1. The number of aromatic nitrogens is 2. The van der Waals surface area contributed by atoms with E-state index in [4.69, 9.17) is 23.2 Å². The number of guanidine groups is 1. The van der Waals surface area contributed by atoms with Crippen molar-refractivity contribution >= 4 is 46.5 Å². The maximum atomic E-state index is 5.95. The number of imidazole rings is 1. The predicted octanol–water partition coefficient (Wildman–Crippen LogP) is 5.75. The van der Waals surface area contributed by atoms with E-state index in [9.17, 15) is 0 Å². The molecule has 0 radical (unpaired) electrons. The van der Waals surface area contributed by atoms with E-state index in [1.807, 2.05) is 84.2 Å². The second-order valence-corrected chi connectivity index (χ2v) is 9.57. The summed E-state index contributed by atoms with van der Waals surface area (Å²) in [7, 11) is 3.98. The molecule has 0 saturated carbocycles. The molecule has 4 rings (SSSR count). The van der Waals surface area contributed by atoms with Crippen LogP contribution < -0.4 is 9.47 Å². The molecule has 0 saturated heterocycles. The fourth-order valence-electron chi connectivity index (χ4n) is 3.90. The van der Waals surface area contributed by atoms with Crippen molar-refractivity contribution in [2.75, 3.05) is 13.6 Å². The number of nitrogens with zero attached hydrogens (tertiary/aromatic N) is 7. The number of hydrogen-bond donors (Lipinski definition) is 1. The normalized spacial score (nSPS) is 15.7. The quantitative estimate of drug-likeness (QED) is 0.199. The number of halogens is 2. The highest BCUT2D eigenvalue weighted by Crippen LogP contribution is 2.19. The predicted molar refractivity (Wildman–Crippen MR) is 142 cm³/mol. The molecular formula is C26H31Cl2N8+3. The molecule has 1 atom stereocenters. The Morgan fingerprint density at radius 1 is 0.778 bits per heavy atom. The van der Waals surface area contributed by atoms with Crippen molar-refractivity contribution in [1.29, 1.82) is 0 Å². The van der Waals surface area contributed by atoms with Gasteiger partial charge in [-0.3, -0.25) is 0 Å². The lowest BCUT2D eigenvalue weighted by Crippen LogP contribution is -3.09. The molecule has 0 amide bonds. The molecule has 1 unspecified atom stereocenters. The molecule has 0 aliphatic carbocycles. The van der Waals surface area contributed by atoms with Crippen LogP contribution in [0.2, 0.25) is 10.0 Å². The fraction of sp³-hybridized carbons (Fsp3) is 0.308. The van der Waals surface area contributed by atoms with Gasteiger partial charge in [-0.05, 0) is 72.9 Å². The fourth-order valence-corrected chi connectivity index (χ4v) is 4.15. The van der Waals surface area contributed by atoms with E-state index < -0.39 is 0 Å². The lowest BCUT2D eigenvalue weighted by molar-refractivity contribution is -0.760. The van der Waals surface area contributed by atoms with Crippen LogP contribution in [0.4, 0.5) is 17.3 Å². The Hall–Kier alpha value is -3.20. The van der Waals surface area contributed by atoms with Crippen LogP contribution in [0.1, 0.15) is 25.7 Å². The summed E-state index contributed by atoms with van der Waals surface area (Å²) in [5.41, 5.74) is 1.57. The van der Waals surface area contributed by atoms with Crippen LogP contribution in [0.5, 0.6) is 0 Å². The van der Waals surface area contributed by atoms with Crippen molar-refractivity contribution in [3.05, 3.63) is 83.4 Å². The zero-order chi connectivity index (χ0) is 25.3. The molecule has 36 heavy (non-hydrogen) atoms. The van der Waals surface area contributed by atoms with Crippen LogP contribution in [0.3, 0.4) is 0 Å². The molecule has 2 heterocycles. The third kappa shape index (κ3) is 7.16. The minimum Gasteiger partial charge on any atom is -0.233 e. The van der Waals surface area contributed by atoms with E-state index in [2.05, 4.69) is 37.4 Å². The lowest BCUT2D eigenvalue weighted by Gasteiger charge is -2.05. The lowest BCUT2D eigenvalue weighted by atomic mass is 10.2. The molecule has 0 spiro atoms. The van der Waals surface area contributed by atoms with Crippen molar-refractivity contribution in [1.82, 2.24) is 4.57 Å². The number of quaternary nitrogens is 1. The first-order chi connectivity index (χ1) is 17.5. The van der Waals surface area contributed by atoms with Crippen LogP contribution in [0.15, 0.2) is 93.8 Å². The summed E-state index contributed by atoms with van der Waals surface area (Å²) in [6.45, 7) is 1.89. The number of benzene rings is 2. The van der Waals surface area contributed by atoms with Crippen molar-refractivity contribution in [3.63, 3.8) is 0 Å². The molecular weight excluding hydrogens is 495 g/mol. The molecule has 186 valence electrons. The topological polar surface area (TPSA) is 65.7 Å². The number of nitrogens with one attached hydrogen (secondary N) is 1. The summed E-state index contributed by atoms with van der Waals surface area (Å²) in [6.07, 6.45) is 12.7. The summed E-state index contributed by atoms with van der Waals surface area (Å²) in [6, 6.07) is 14.7. The Labute approximate surface area is 221 Å². The summed E-state index contributed by atoms with van der Waals surface area (Å²) >= 11 is 11.9. The summed E-state index contributed by atoms with van der Waals surface area (Å²) in [5, 5.41) is 19.0. The smallest absolute Gasteiger partial charge is 0.233 e. The molecule has 3 aromatic rings. The van der Waals surface area contributed by atoms with Crippen molar-refractivity contribution in [2.45, 2.75) is 32.2 Å². The standard InChI is InChI=1S/C26H30Cl2N8/c1-33-17-19-35(25(33)31-29-23-11-7-21(27)8-12-23)15-5-3-4-6-16-36-20-18-34(2)26(36)32-30-24-13-9-22(28)10-14-24/h7-14,17-20H,3-6,15-16H2,1-2H3/q+2/p+1. The third-order valence-corrected chi connectivity index (χ3v) is 6.43. The van der Waals surface area contributed by atoms with Crippen LogP contribution in [0.25, 0.3) is 0 Å². The van der Waals surface area contributed by atoms with E-state index in [1.165, 1.54) is 4.90 Å². The molecule has 0 bridgehead atoms. The second kappa shape index (κ2) is 12.7. The van der Waals surface area contributed by atoms with Gasteiger partial charge in [0.2, 0.25) is 0 Å². The molecule has 1 N–H and O–H groups in total. The van der Waals surface area contributed by atoms with Crippen LogP contribution >= 0.6 is 23.2 Å². The number of hydrogen-bond acceptors (Lipinski definition) is 4. The van der Waals surface area contributed by atoms with E-state index in [-0.39, 0.29) is 0 Å². The Morgan fingerprint density at radius 2 is 1.39 bits per heavy atom. The van der Waals surface area contributed by atoms with Crippen LogP contribution in [0, 0.1) is 0 Å². The van der Waals surface area contributed by atoms with Gasteiger partial charge in [-0.2, -0.15) is 9.48 Å². The van der Waals surface area contributed by atoms with Gasteiger partial charge in [0.15, 0.2) is 0 Å². The van der Waals surface area contributed by atoms with Gasteiger partial charge >= 0.3 is 11.9 Å². The third-order valence-electron chi connectivity index (χ3n) is 5.93. The van der Waals surface area contributed by atoms with Gasteiger partial charge in [-0.15, -0.1) is 0 Å². The van der Waals surface area contributed by atoms with Gasteiger partial charge < -0.3 is 0 Å². The van der Waals surface area contributed by atoms with E-state index in [1.54, 1.807) is 0 Å². The highest BCUT2D eigenvalue weighted by Gasteiger charge is 2.30. The van der Waals surface area contributed by atoms with Gasteiger partial charge in [-0.25, -0.2) is 9.13 Å². The van der Waals surface area contributed by atoms with Gasteiger partial charge in [-0.1, -0.05) is 34.7 Å². The Balaban J connectivity index is 1.21. The first-order valence-corrected chi connectivity index (χ1v) is 12.8. The number of aryl methyl sites for hydroxylation is 2. The molecule has 0 fully saturated rings. The minimum atomic E-state index is 0.689. The van der Waals surface area contributed by atoms with Gasteiger partial charge in [0.25, 0.3) is 0 Å².